The van der Waals surface area contributed by atoms with Crippen molar-refractivity contribution in [2.45, 2.75) is 27.4 Å². The van der Waals surface area contributed by atoms with E-state index in [4.69, 9.17) is 20.8 Å². The lowest BCUT2D eigenvalue weighted by Gasteiger charge is -2.09. The Hall–Kier alpha value is -5.38. The number of rotatable bonds is 9. The molecule has 1 N–H and O–H groups in total. The average molecular weight is 658 g/mol. The Morgan fingerprint density at radius 3 is 1.66 bits per heavy atom. The molecule has 0 saturated carbocycles. The number of ether oxygens (including phenoxy) is 2. The first-order chi connectivity index (χ1) is 22.3. The number of hydrogen-bond acceptors (Lipinski definition) is 9. The molecule has 1 aromatic heterocycles. The SMILES string of the molecule is C.CCOC(=O)C(=O)Cl.CCOC(=O)c1nc(-c2ccccc2)c(-c2ccccc2)o1.O=C(c1ccccc1)C(O)c1ccccc1. The Morgan fingerprint density at radius 1 is 0.723 bits per heavy atom. The van der Waals surface area contributed by atoms with Crippen molar-refractivity contribution in [2.75, 3.05) is 13.2 Å². The maximum atomic E-state index is 11.9. The minimum atomic E-state index is -1.08. The lowest BCUT2D eigenvalue weighted by atomic mass is 10.0. The van der Waals surface area contributed by atoms with Crippen molar-refractivity contribution in [1.29, 1.82) is 0 Å². The first-order valence-electron chi connectivity index (χ1n) is 14.2. The fraction of sp³-hybridized carbons (Fsp3) is 0.162. The smallest absolute Gasteiger partial charge is 0.394 e. The van der Waals surface area contributed by atoms with Gasteiger partial charge in [-0.2, -0.15) is 0 Å². The van der Waals surface area contributed by atoms with E-state index in [2.05, 4.69) is 9.72 Å². The van der Waals surface area contributed by atoms with Crippen LogP contribution in [0.1, 0.15) is 54.0 Å². The molecule has 0 radical (unpaired) electrons. The molecule has 0 amide bonds. The second-order valence-electron chi connectivity index (χ2n) is 9.19. The summed E-state index contributed by atoms with van der Waals surface area (Å²) in [6.07, 6.45) is -1.08. The number of Topliss-reactive ketones (excluding diaryl/α,β-unsaturated/α-hetero) is 1. The molecule has 4 aromatic carbocycles. The first kappa shape index (κ1) is 37.8. The fourth-order valence-electron chi connectivity index (χ4n) is 3.91. The summed E-state index contributed by atoms with van der Waals surface area (Å²) in [4.78, 5) is 48.0. The third-order valence-corrected chi connectivity index (χ3v) is 6.17. The summed E-state index contributed by atoms with van der Waals surface area (Å²) in [7, 11) is 0. The standard InChI is InChI=1S/C18H15NO3.C14H12O2.C4H5ClO3.CH4/c1-2-21-18(20)17-19-15(13-9-5-3-6-10-13)16(22-17)14-11-7-4-8-12-14;15-13(11-7-3-1-4-8-11)14(16)12-9-5-2-6-10-12;1-2-8-4(7)3(5)6;/h3-12H,2H2,1H3;1-10,13,15H;2H2,1H3;1H4. The van der Waals surface area contributed by atoms with E-state index in [1.54, 1.807) is 62.4 Å². The van der Waals surface area contributed by atoms with E-state index in [0.717, 1.165) is 11.1 Å². The molecular formula is C37H36ClNO8. The van der Waals surface area contributed by atoms with E-state index in [1.165, 1.54) is 0 Å². The monoisotopic (exact) mass is 657 g/mol. The summed E-state index contributed by atoms with van der Waals surface area (Å²) in [6.45, 7) is 3.80. The van der Waals surface area contributed by atoms with Crippen LogP contribution in [0.5, 0.6) is 0 Å². The minimum absolute atomic E-state index is 0. The number of oxazole rings is 1. The summed E-state index contributed by atoms with van der Waals surface area (Å²) < 4.78 is 14.8. The van der Waals surface area contributed by atoms with E-state index in [9.17, 15) is 24.3 Å². The maximum Gasteiger partial charge on any atom is 0.394 e. The zero-order valence-electron chi connectivity index (χ0n) is 25.2. The van der Waals surface area contributed by atoms with E-state index in [1.807, 2.05) is 72.8 Å². The van der Waals surface area contributed by atoms with Gasteiger partial charge in [0.25, 0.3) is 0 Å². The molecule has 47 heavy (non-hydrogen) atoms. The molecule has 0 saturated heterocycles. The van der Waals surface area contributed by atoms with Gasteiger partial charge in [-0.15, -0.1) is 0 Å². The summed E-state index contributed by atoms with van der Waals surface area (Å²) in [5.41, 5.74) is 3.54. The number of benzene rings is 4. The van der Waals surface area contributed by atoms with Crippen molar-refractivity contribution < 1.29 is 38.2 Å². The topological polar surface area (TPSA) is 133 Å². The predicted octanol–water partition coefficient (Wildman–Crippen LogP) is 7.74. The Balaban J connectivity index is 0.000000270. The molecule has 0 spiro atoms. The van der Waals surface area contributed by atoms with Gasteiger partial charge in [-0.25, -0.2) is 14.6 Å². The summed E-state index contributed by atoms with van der Waals surface area (Å²) in [6, 6.07) is 37.0. The molecule has 5 aromatic rings. The van der Waals surface area contributed by atoms with Gasteiger partial charge in [0.05, 0.1) is 13.2 Å². The van der Waals surface area contributed by atoms with Gasteiger partial charge in [0, 0.05) is 16.7 Å². The molecule has 10 heteroatoms. The summed E-state index contributed by atoms with van der Waals surface area (Å²) >= 11 is 4.69. The number of halogens is 1. The number of hydrogen-bond donors (Lipinski definition) is 1. The van der Waals surface area contributed by atoms with Gasteiger partial charge < -0.3 is 19.0 Å². The highest BCUT2D eigenvalue weighted by atomic mass is 35.5. The van der Waals surface area contributed by atoms with Crippen LogP contribution in [0.4, 0.5) is 0 Å². The minimum Gasteiger partial charge on any atom is -0.459 e. The Kier molecular flexibility index (Phi) is 16.0. The van der Waals surface area contributed by atoms with E-state index < -0.39 is 23.3 Å². The number of carbonyl (C=O) groups is 4. The number of aliphatic hydroxyl groups is 1. The highest BCUT2D eigenvalue weighted by molar-refractivity contribution is 6.80. The normalized spacial score (nSPS) is 10.4. The van der Waals surface area contributed by atoms with Crippen LogP contribution < -0.4 is 0 Å². The van der Waals surface area contributed by atoms with Crippen LogP contribution in [0.2, 0.25) is 0 Å². The van der Waals surface area contributed by atoms with Crippen LogP contribution in [-0.2, 0) is 19.1 Å². The van der Waals surface area contributed by atoms with Crippen LogP contribution in [0.25, 0.3) is 22.6 Å². The van der Waals surface area contributed by atoms with Crippen molar-refractivity contribution in [3.05, 3.63) is 138 Å². The summed E-state index contributed by atoms with van der Waals surface area (Å²) in [5.74, 6) is -1.28. The molecule has 5 rings (SSSR count). The number of aromatic nitrogens is 1. The van der Waals surface area contributed by atoms with Crippen LogP contribution in [0, 0.1) is 0 Å². The number of ketones is 1. The number of nitrogens with zero attached hydrogens (tertiary/aromatic N) is 1. The predicted molar refractivity (Wildman–Crippen MR) is 180 cm³/mol. The largest absolute Gasteiger partial charge is 0.459 e. The van der Waals surface area contributed by atoms with Gasteiger partial charge in [0.1, 0.15) is 11.8 Å². The summed E-state index contributed by atoms with van der Waals surface area (Å²) in [5, 5.41) is 8.82. The second kappa shape index (κ2) is 19.9. The molecule has 244 valence electrons. The molecule has 1 unspecified atom stereocenters. The molecular weight excluding hydrogens is 622 g/mol. The maximum absolute atomic E-state index is 11.9. The third kappa shape index (κ3) is 11.5. The van der Waals surface area contributed by atoms with Crippen LogP contribution in [0.3, 0.4) is 0 Å². The Labute approximate surface area is 278 Å². The molecule has 0 bridgehead atoms. The van der Waals surface area contributed by atoms with Crippen molar-refractivity contribution in [3.8, 4) is 22.6 Å². The van der Waals surface area contributed by atoms with Crippen LogP contribution in [0.15, 0.2) is 126 Å². The third-order valence-electron chi connectivity index (χ3n) is 6.02. The molecule has 0 aliphatic heterocycles. The Bertz CT molecular complexity index is 1640. The zero-order chi connectivity index (χ0) is 33.3. The van der Waals surface area contributed by atoms with Gasteiger partial charge in [-0.05, 0) is 31.0 Å². The van der Waals surface area contributed by atoms with Gasteiger partial charge in [-0.3, -0.25) is 9.59 Å². The van der Waals surface area contributed by atoms with Crippen LogP contribution in [-0.4, -0.2) is 46.3 Å². The number of esters is 2. The fourth-order valence-corrected chi connectivity index (χ4v) is 3.97. The molecule has 0 fully saturated rings. The van der Waals surface area contributed by atoms with Gasteiger partial charge >= 0.3 is 23.1 Å². The number of carbonyl (C=O) groups excluding carboxylic acids is 4. The quantitative estimate of drug-likeness (QED) is 0.0731. The van der Waals surface area contributed by atoms with Gasteiger partial charge in [0.15, 0.2) is 11.5 Å². The zero-order valence-corrected chi connectivity index (χ0v) is 25.9. The van der Waals surface area contributed by atoms with Crippen LogP contribution >= 0.6 is 11.6 Å². The van der Waals surface area contributed by atoms with Crippen molar-refractivity contribution in [3.63, 3.8) is 0 Å². The van der Waals surface area contributed by atoms with E-state index in [-0.39, 0.29) is 32.3 Å². The van der Waals surface area contributed by atoms with Crippen molar-refractivity contribution in [2.24, 2.45) is 0 Å². The highest BCUT2D eigenvalue weighted by Gasteiger charge is 2.22. The van der Waals surface area contributed by atoms with Gasteiger partial charge in [0.2, 0.25) is 0 Å². The second-order valence-corrected chi connectivity index (χ2v) is 9.53. The first-order valence-corrected chi connectivity index (χ1v) is 14.6. The average Bonchev–Trinajstić information content (AvgIpc) is 3.56. The van der Waals surface area contributed by atoms with Gasteiger partial charge in [-0.1, -0.05) is 129 Å². The van der Waals surface area contributed by atoms with E-state index >= 15 is 0 Å². The Morgan fingerprint density at radius 2 is 1.19 bits per heavy atom. The molecule has 1 atom stereocenters. The number of aliphatic hydroxyl groups excluding tert-OH is 1. The van der Waals surface area contributed by atoms with Crippen molar-refractivity contribution >= 4 is 34.6 Å². The molecule has 9 nitrogen and oxygen atoms in total. The van der Waals surface area contributed by atoms with Crippen molar-refractivity contribution in [1.82, 2.24) is 4.98 Å². The lowest BCUT2D eigenvalue weighted by molar-refractivity contribution is -0.149. The highest BCUT2D eigenvalue weighted by Crippen LogP contribution is 2.32. The molecule has 0 aliphatic carbocycles. The molecule has 1 heterocycles. The lowest BCUT2D eigenvalue weighted by Crippen LogP contribution is -2.11. The van der Waals surface area contributed by atoms with E-state index in [0.29, 0.717) is 22.6 Å². The molecule has 0 aliphatic rings.